The van der Waals surface area contributed by atoms with Gasteiger partial charge in [-0.3, -0.25) is 13.8 Å². The van der Waals surface area contributed by atoms with Gasteiger partial charge in [0, 0.05) is 23.4 Å². The molecule has 1 aliphatic rings. The minimum absolute atomic E-state index is 0.123. The van der Waals surface area contributed by atoms with E-state index < -0.39 is 33.4 Å². The first kappa shape index (κ1) is 30.3. The highest BCUT2D eigenvalue weighted by Crippen LogP contribution is 2.36. The van der Waals surface area contributed by atoms with Crippen LogP contribution in [-0.2, 0) is 25.6 Å². The van der Waals surface area contributed by atoms with E-state index in [-0.39, 0.29) is 35.4 Å². The lowest BCUT2D eigenvalue weighted by Gasteiger charge is -2.28. The quantitative estimate of drug-likeness (QED) is 0.350. The van der Waals surface area contributed by atoms with Crippen molar-refractivity contribution in [2.24, 2.45) is 5.41 Å². The van der Waals surface area contributed by atoms with Gasteiger partial charge in [0.15, 0.2) is 5.82 Å². The average molecular weight is 583 g/mol. The first-order chi connectivity index (χ1) is 19.3. The lowest BCUT2D eigenvalue weighted by Crippen LogP contribution is -2.29. The molecule has 2 amide bonds. The number of carbonyl (C=O) groups is 2. The summed E-state index contributed by atoms with van der Waals surface area (Å²) in [7, 11) is -3.61. The van der Waals surface area contributed by atoms with Crippen molar-refractivity contribution in [3.8, 4) is 11.3 Å². The molecule has 2 atom stereocenters. The van der Waals surface area contributed by atoms with Gasteiger partial charge >= 0.3 is 0 Å². The molecule has 0 aliphatic heterocycles. The maximum Gasteiger partial charge on any atom is 0.264 e. The fourth-order valence-electron chi connectivity index (χ4n) is 4.66. The summed E-state index contributed by atoms with van der Waals surface area (Å²) in [6.45, 7) is 5.53. The largest absolute Gasteiger partial charge is 0.348 e. The third-order valence-corrected chi connectivity index (χ3v) is 7.46. The Hall–Kier alpha value is -3.70. The number of carbonyl (C=O) groups excluding carboxylic acids is 2. The van der Waals surface area contributed by atoms with Crippen molar-refractivity contribution >= 4 is 27.8 Å². The Morgan fingerprint density at radius 1 is 1.10 bits per heavy atom. The third-order valence-electron chi connectivity index (χ3n) is 6.84. The van der Waals surface area contributed by atoms with E-state index in [4.69, 9.17) is 9.17 Å². The fourth-order valence-corrected chi connectivity index (χ4v) is 5.32. The van der Waals surface area contributed by atoms with Gasteiger partial charge in [0.1, 0.15) is 11.5 Å². The molecule has 1 fully saturated rings. The van der Waals surface area contributed by atoms with Crippen LogP contribution in [0.4, 0.5) is 10.2 Å². The van der Waals surface area contributed by atoms with Crippen LogP contribution >= 0.6 is 0 Å². The normalized spacial score (nSPS) is 17.6. The molecular formula is C30H35FN4O5S. The van der Waals surface area contributed by atoms with E-state index in [1.54, 1.807) is 33.0 Å². The summed E-state index contributed by atoms with van der Waals surface area (Å²) in [4.78, 5) is 34.8. The minimum Gasteiger partial charge on any atom is -0.348 e. The zero-order chi connectivity index (χ0) is 29.8. The standard InChI is InChI=1S/C30H35FN4O5S/c1-30(2,3)29(37)35-27-26(34-25(18-32-27)20-11-8-12-22(15-20)40-41(4,38)39)21-13-14-23(24(31)16-21)28(36)33-17-19-9-6-5-7-10-19/h5-7,9-10,13-14,16,18,20,22H,8,11-12,15,17H2,1-4H3,(H,33,36)(H,32,35,37)/t20-,22+/m1/s1. The number of hydrogen-bond acceptors (Lipinski definition) is 7. The Bertz CT molecular complexity index is 1520. The molecule has 218 valence electrons. The van der Waals surface area contributed by atoms with Gasteiger partial charge in [-0.1, -0.05) is 63.6 Å². The number of nitrogens with one attached hydrogen (secondary N) is 2. The van der Waals surface area contributed by atoms with Crippen molar-refractivity contribution in [1.29, 1.82) is 0 Å². The highest BCUT2D eigenvalue weighted by atomic mass is 32.2. The molecular weight excluding hydrogens is 547 g/mol. The van der Waals surface area contributed by atoms with Gasteiger partial charge in [-0.2, -0.15) is 8.42 Å². The van der Waals surface area contributed by atoms with Gasteiger partial charge < -0.3 is 10.6 Å². The SMILES string of the molecule is CC(C)(C)C(=O)Nc1ncc([C@@H]2CCC[C@H](OS(C)(=O)=O)C2)nc1-c1ccc(C(=O)NCc2ccccc2)c(F)c1. The van der Waals surface area contributed by atoms with Crippen LogP contribution in [0.25, 0.3) is 11.3 Å². The predicted octanol–water partition coefficient (Wildman–Crippen LogP) is 5.20. The van der Waals surface area contributed by atoms with Gasteiger partial charge in [0.25, 0.3) is 16.0 Å². The fraction of sp³-hybridized carbons (Fsp3) is 0.400. The van der Waals surface area contributed by atoms with Crippen molar-refractivity contribution in [3.63, 3.8) is 0 Å². The number of hydrogen-bond donors (Lipinski definition) is 2. The number of halogens is 1. The predicted molar refractivity (Wildman–Crippen MR) is 154 cm³/mol. The molecule has 0 unspecified atom stereocenters. The molecule has 2 N–H and O–H groups in total. The van der Waals surface area contributed by atoms with Crippen molar-refractivity contribution in [1.82, 2.24) is 15.3 Å². The van der Waals surface area contributed by atoms with Crippen LogP contribution in [-0.4, -0.2) is 42.6 Å². The van der Waals surface area contributed by atoms with Gasteiger partial charge in [-0.25, -0.2) is 14.4 Å². The molecule has 9 nitrogen and oxygen atoms in total. The van der Waals surface area contributed by atoms with E-state index in [2.05, 4.69) is 15.6 Å². The monoisotopic (exact) mass is 582 g/mol. The topological polar surface area (TPSA) is 127 Å². The smallest absolute Gasteiger partial charge is 0.264 e. The van der Waals surface area contributed by atoms with Crippen LogP contribution in [0.2, 0.25) is 0 Å². The van der Waals surface area contributed by atoms with Crippen LogP contribution in [0.15, 0.2) is 54.7 Å². The van der Waals surface area contributed by atoms with Gasteiger partial charge in [0.2, 0.25) is 5.91 Å². The molecule has 11 heteroatoms. The van der Waals surface area contributed by atoms with Crippen LogP contribution in [0.3, 0.4) is 0 Å². The van der Waals surface area contributed by atoms with Gasteiger partial charge in [-0.05, 0) is 37.0 Å². The molecule has 41 heavy (non-hydrogen) atoms. The second kappa shape index (κ2) is 12.4. The Morgan fingerprint density at radius 2 is 1.83 bits per heavy atom. The third kappa shape index (κ3) is 8.17. The van der Waals surface area contributed by atoms with Crippen LogP contribution in [0.5, 0.6) is 0 Å². The summed E-state index contributed by atoms with van der Waals surface area (Å²) < 4.78 is 43.9. The number of rotatable bonds is 8. The molecule has 0 bridgehead atoms. The lowest BCUT2D eigenvalue weighted by molar-refractivity contribution is -0.123. The average Bonchev–Trinajstić information content (AvgIpc) is 2.91. The Labute approximate surface area is 240 Å². The van der Waals surface area contributed by atoms with Crippen LogP contribution < -0.4 is 10.6 Å². The molecule has 0 radical (unpaired) electrons. The van der Waals surface area contributed by atoms with Crippen molar-refractivity contribution in [2.45, 2.75) is 65.0 Å². The molecule has 1 aromatic heterocycles. The van der Waals surface area contributed by atoms with E-state index in [0.717, 1.165) is 24.7 Å². The highest BCUT2D eigenvalue weighted by Gasteiger charge is 2.29. The Kier molecular flexibility index (Phi) is 9.18. The number of aromatic nitrogens is 2. The molecule has 0 saturated heterocycles. The van der Waals surface area contributed by atoms with E-state index in [1.807, 2.05) is 30.3 Å². The Morgan fingerprint density at radius 3 is 2.49 bits per heavy atom. The summed E-state index contributed by atoms with van der Waals surface area (Å²) in [6.07, 6.45) is 4.65. The maximum atomic E-state index is 15.3. The number of anilines is 1. The molecule has 1 aliphatic carbocycles. The highest BCUT2D eigenvalue weighted by molar-refractivity contribution is 7.86. The van der Waals surface area contributed by atoms with Crippen molar-refractivity contribution in [2.75, 3.05) is 11.6 Å². The molecule has 1 heterocycles. The Balaban J connectivity index is 1.64. The number of nitrogens with zero attached hydrogens (tertiary/aromatic N) is 2. The summed E-state index contributed by atoms with van der Waals surface area (Å²) in [6, 6.07) is 13.5. The summed E-state index contributed by atoms with van der Waals surface area (Å²) >= 11 is 0. The van der Waals surface area contributed by atoms with Crippen LogP contribution in [0, 0.1) is 11.2 Å². The summed E-state index contributed by atoms with van der Waals surface area (Å²) in [5, 5.41) is 5.52. The van der Waals surface area contributed by atoms with E-state index in [9.17, 15) is 18.0 Å². The van der Waals surface area contributed by atoms with Crippen molar-refractivity contribution < 1.29 is 26.6 Å². The van der Waals surface area contributed by atoms with Gasteiger partial charge in [-0.15, -0.1) is 0 Å². The first-order valence-electron chi connectivity index (χ1n) is 13.5. The number of amides is 2. The molecule has 1 saturated carbocycles. The van der Waals surface area contributed by atoms with E-state index in [1.165, 1.54) is 12.1 Å². The maximum absolute atomic E-state index is 15.3. The van der Waals surface area contributed by atoms with E-state index >= 15 is 4.39 Å². The molecule has 3 aromatic rings. The second-order valence-electron chi connectivity index (χ2n) is 11.3. The zero-order valence-corrected chi connectivity index (χ0v) is 24.4. The first-order valence-corrected chi connectivity index (χ1v) is 15.3. The molecule has 2 aromatic carbocycles. The number of benzene rings is 2. The molecule has 0 spiro atoms. The van der Waals surface area contributed by atoms with Gasteiger partial charge in [0.05, 0.1) is 29.8 Å². The van der Waals surface area contributed by atoms with Crippen molar-refractivity contribution in [3.05, 3.63) is 77.4 Å². The second-order valence-corrected chi connectivity index (χ2v) is 12.9. The minimum atomic E-state index is -3.61. The summed E-state index contributed by atoms with van der Waals surface area (Å²) in [5.74, 6) is -1.57. The summed E-state index contributed by atoms with van der Waals surface area (Å²) in [5.41, 5.74) is 1.21. The van der Waals surface area contributed by atoms with Crippen LogP contribution in [0.1, 0.15) is 74.0 Å². The molecule has 4 rings (SSSR count). The van der Waals surface area contributed by atoms with E-state index in [0.29, 0.717) is 24.1 Å². The zero-order valence-electron chi connectivity index (χ0n) is 23.6. The lowest BCUT2D eigenvalue weighted by atomic mass is 9.85.